The zero-order valence-electron chi connectivity index (χ0n) is 11.5. The number of carbonyl (C=O) groups is 1. The first kappa shape index (κ1) is 13.1. The van der Waals surface area contributed by atoms with Crippen LogP contribution in [0.3, 0.4) is 0 Å². The summed E-state index contributed by atoms with van der Waals surface area (Å²) < 4.78 is 0. The highest BCUT2D eigenvalue weighted by atomic mass is 16.1. The van der Waals surface area contributed by atoms with E-state index in [-0.39, 0.29) is 5.91 Å². The first-order valence-electron chi connectivity index (χ1n) is 6.57. The van der Waals surface area contributed by atoms with Gasteiger partial charge in [0.15, 0.2) is 0 Å². The van der Waals surface area contributed by atoms with Crippen LogP contribution in [0.25, 0.3) is 11.3 Å². The molecule has 0 radical (unpaired) electrons. The number of aromatic nitrogens is 3. The SMILES string of the molecule is Cc1cc(-c2ccc(NC(=O)c3ccccn3)cc2)n[nH]1. The van der Waals surface area contributed by atoms with Gasteiger partial charge in [-0.1, -0.05) is 18.2 Å². The molecule has 0 aliphatic carbocycles. The molecule has 0 saturated carbocycles. The summed E-state index contributed by atoms with van der Waals surface area (Å²) >= 11 is 0. The van der Waals surface area contributed by atoms with Crippen LogP contribution in [-0.2, 0) is 0 Å². The number of H-pyrrole nitrogens is 1. The summed E-state index contributed by atoms with van der Waals surface area (Å²) in [6, 6.07) is 14.7. The lowest BCUT2D eigenvalue weighted by molar-refractivity contribution is 0.102. The summed E-state index contributed by atoms with van der Waals surface area (Å²) in [7, 11) is 0. The molecule has 0 spiro atoms. The van der Waals surface area contributed by atoms with Gasteiger partial charge >= 0.3 is 0 Å². The molecule has 5 nitrogen and oxygen atoms in total. The number of carbonyl (C=O) groups excluding carboxylic acids is 1. The summed E-state index contributed by atoms with van der Waals surface area (Å²) in [4.78, 5) is 16.0. The normalized spacial score (nSPS) is 10.3. The summed E-state index contributed by atoms with van der Waals surface area (Å²) in [6.45, 7) is 1.96. The maximum atomic E-state index is 12.0. The summed E-state index contributed by atoms with van der Waals surface area (Å²) in [5.74, 6) is -0.223. The van der Waals surface area contributed by atoms with Crippen LogP contribution in [0.1, 0.15) is 16.2 Å². The van der Waals surface area contributed by atoms with Crippen LogP contribution in [0, 0.1) is 6.92 Å². The molecule has 2 aromatic heterocycles. The van der Waals surface area contributed by atoms with Gasteiger partial charge < -0.3 is 5.32 Å². The topological polar surface area (TPSA) is 70.7 Å². The molecule has 2 heterocycles. The van der Waals surface area contributed by atoms with Crippen LogP contribution in [0.2, 0.25) is 0 Å². The number of aromatic amines is 1. The van der Waals surface area contributed by atoms with Crippen molar-refractivity contribution in [2.45, 2.75) is 6.92 Å². The lowest BCUT2D eigenvalue weighted by Gasteiger charge is -2.05. The molecule has 0 fully saturated rings. The third kappa shape index (κ3) is 2.97. The Bertz CT molecular complexity index is 747. The molecular weight excluding hydrogens is 264 g/mol. The Balaban J connectivity index is 1.74. The maximum Gasteiger partial charge on any atom is 0.274 e. The van der Waals surface area contributed by atoms with Crippen molar-refractivity contribution in [2.75, 3.05) is 5.32 Å². The molecular formula is C16H14N4O. The average Bonchev–Trinajstić information content (AvgIpc) is 2.95. The Kier molecular flexibility index (Phi) is 3.47. The third-order valence-electron chi connectivity index (χ3n) is 3.04. The Morgan fingerprint density at radius 1 is 1.14 bits per heavy atom. The largest absolute Gasteiger partial charge is 0.321 e. The molecule has 1 amide bonds. The Morgan fingerprint density at radius 3 is 2.57 bits per heavy atom. The fraction of sp³-hybridized carbons (Fsp3) is 0.0625. The average molecular weight is 278 g/mol. The Hall–Kier alpha value is -2.95. The van der Waals surface area contributed by atoms with Gasteiger partial charge in [0.1, 0.15) is 5.69 Å². The number of amides is 1. The van der Waals surface area contributed by atoms with Crippen molar-refractivity contribution in [1.29, 1.82) is 0 Å². The van der Waals surface area contributed by atoms with Gasteiger partial charge in [-0.2, -0.15) is 5.10 Å². The molecule has 3 rings (SSSR count). The lowest BCUT2D eigenvalue weighted by Crippen LogP contribution is -2.13. The van der Waals surface area contributed by atoms with E-state index in [9.17, 15) is 4.79 Å². The van der Waals surface area contributed by atoms with Crippen LogP contribution < -0.4 is 5.32 Å². The van der Waals surface area contributed by atoms with Crippen LogP contribution in [0.4, 0.5) is 5.69 Å². The number of aryl methyl sites for hydroxylation is 1. The number of nitrogens with one attached hydrogen (secondary N) is 2. The number of nitrogens with zero attached hydrogens (tertiary/aromatic N) is 2. The van der Waals surface area contributed by atoms with Crippen molar-refractivity contribution >= 4 is 11.6 Å². The van der Waals surface area contributed by atoms with Gasteiger partial charge in [-0.15, -0.1) is 0 Å². The lowest BCUT2D eigenvalue weighted by atomic mass is 10.1. The van der Waals surface area contributed by atoms with Crippen LogP contribution in [0.5, 0.6) is 0 Å². The van der Waals surface area contributed by atoms with E-state index < -0.39 is 0 Å². The highest BCUT2D eigenvalue weighted by molar-refractivity contribution is 6.02. The summed E-state index contributed by atoms with van der Waals surface area (Å²) in [5.41, 5.74) is 4.01. The first-order chi connectivity index (χ1) is 10.2. The molecule has 5 heteroatoms. The number of benzene rings is 1. The van der Waals surface area contributed by atoms with Crippen molar-refractivity contribution < 1.29 is 4.79 Å². The Labute approximate surface area is 122 Å². The van der Waals surface area contributed by atoms with Crippen LogP contribution in [-0.4, -0.2) is 21.1 Å². The van der Waals surface area contributed by atoms with Gasteiger partial charge in [0.2, 0.25) is 0 Å². The van der Waals surface area contributed by atoms with Gasteiger partial charge in [-0.3, -0.25) is 14.9 Å². The minimum absolute atomic E-state index is 0.223. The van der Waals surface area contributed by atoms with Gasteiger partial charge in [-0.05, 0) is 37.3 Å². The van der Waals surface area contributed by atoms with Crippen molar-refractivity contribution in [3.63, 3.8) is 0 Å². The molecule has 0 saturated heterocycles. The van der Waals surface area contributed by atoms with E-state index in [1.54, 1.807) is 24.4 Å². The zero-order chi connectivity index (χ0) is 14.7. The van der Waals surface area contributed by atoms with E-state index in [1.165, 1.54) is 0 Å². The second kappa shape index (κ2) is 5.58. The Morgan fingerprint density at radius 2 is 1.95 bits per heavy atom. The van der Waals surface area contributed by atoms with E-state index in [1.807, 2.05) is 37.3 Å². The standard InChI is InChI=1S/C16H14N4O/c1-11-10-15(20-19-11)12-5-7-13(8-6-12)18-16(21)14-4-2-3-9-17-14/h2-10H,1H3,(H,18,21)(H,19,20). The van der Waals surface area contributed by atoms with Gasteiger partial charge in [-0.25, -0.2) is 0 Å². The highest BCUT2D eigenvalue weighted by Gasteiger charge is 2.07. The highest BCUT2D eigenvalue weighted by Crippen LogP contribution is 2.20. The van der Waals surface area contributed by atoms with E-state index >= 15 is 0 Å². The minimum Gasteiger partial charge on any atom is -0.321 e. The number of pyridine rings is 1. The maximum absolute atomic E-state index is 12.0. The molecule has 0 aliphatic heterocycles. The van der Waals surface area contributed by atoms with Crippen molar-refractivity contribution in [3.05, 3.63) is 66.1 Å². The predicted molar refractivity (Wildman–Crippen MR) is 81.0 cm³/mol. The molecule has 3 aromatic rings. The first-order valence-corrected chi connectivity index (χ1v) is 6.57. The van der Waals surface area contributed by atoms with E-state index in [2.05, 4.69) is 20.5 Å². The van der Waals surface area contributed by atoms with Crippen molar-refractivity contribution in [3.8, 4) is 11.3 Å². The minimum atomic E-state index is -0.223. The fourth-order valence-corrected chi connectivity index (χ4v) is 1.98. The predicted octanol–water partition coefficient (Wildman–Crippen LogP) is 3.03. The number of anilines is 1. The molecule has 21 heavy (non-hydrogen) atoms. The summed E-state index contributed by atoms with van der Waals surface area (Å²) in [6.07, 6.45) is 1.60. The van der Waals surface area contributed by atoms with Gasteiger partial charge in [0.25, 0.3) is 5.91 Å². The molecule has 2 N–H and O–H groups in total. The molecule has 0 bridgehead atoms. The van der Waals surface area contributed by atoms with Crippen molar-refractivity contribution in [1.82, 2.24) is 15.2 Å². The van der Waals surface area contributed by atoms with Crippen LogP contribution in [0.15, 0.2) is 54.7 Å². The van der Waals surface area contributed by atoms with E-state index in [4.69, 9.17) is 0 Å². The molecule has 0 unspecified atom stereocenters. The van der Waals surface area contributed by atoms with Crippen LogP contribution >= 0.6 is 0 Å². The van der Waals surface area contributed by atoms with Gasteiger partial charge in [0.05, 0.1) is 5.69 Å². The second-order valence-corrected chi connectivity index (χ2v) is 4.68. The second-order valence-electron chi connectivity index (χ2n) is 4.68. The quantitative estimate of drug-likeness (QED) is 0.773. The molecule has 1 aromatic carbocycles. The third-order valence-corrected chi connectivity index (χ3v) is 3.04. The van der Waals surface area contributed by atoms with E-state index in [0.29, 0.717) is 5.69 Å². The molecule has 0 aliphatic rings. The number of rotatable bonds is 3. The molecule has 0 atom stereocenters. The summed E-state index contributed by atoms with van der Waals surface area (Å²) in [5, 5.41) is 9.92. The smallest absolute Gasteiger partial charge is 0.274 e. The van der Waals surface area contributed by atoms with E-state index in [0.717, 1.165) is 22.6 Å². The number of hydrogen-bond acceptors (Lipinski definition) is 3. The van der Waals surface area contributed by atoms with Gasteiger partial charge in [0, 0.05) is 23.1 Å². The monoisotopic (exact) mass is 278 g/mol. The number of hydrogen-bond donors (Lipinski definition) is 2. The molecule has 104 valence electrons. The zero-order valence-corrected chi connectivity index (χ0v) is 11.5. The van der Waals surface area contributed by atoms with Crippen molar-refractivity contribution in [2.24, 2.45) is 0 Å². The fourth-order valence-electron chi connectivity index (χ4n) is 1.98.